The van der Waals surface area contributed by atoms with Crippen LogP contribution in [0, 0.1) is 13.8 Å². The summed E-state index contributed by atoms with van der Waals surface area (Å²) in [5, 5.41) is 6.94. The van der Waals surface area contributed by atoms with E-state index in [1.165, 1.54) is 11.9 Å². The molecule has 0 spiro atoms. The Balaban J connectivity index is 1.49. The largest absolute Gasteiger partial charge is 0.452 e. The van der Waals surface area contributed by atoms with Gasteiger partial charge in [-0.25, -0.2) is 9.48 Å². The lowest BCUT2D eigenvalue weighted by Crippen LogP contribution is -2.37. The molecule has 1 aromatic heterocycles. The number of benzene rings is 2. The molecule has 8 nitrogen and oxygen atoms in total. The number of nitrogens with one attached hydrogen (secondary N) is 1. The number of carbonyl (C=O) groups excluding carboxylic acids is 3. The lowest BCUT2D eigenvalue weighted by atomic mass is 10.1. The smallest absolute Gasteiger partial charge is 0.338 e. The van der Waals surface area contributed by atoms with Crippen molar-refractivity contribution in [1.82, 2.24) is 14.7 Å². The second kappa shape index (κ2) is 9.71. The Labute approximate surface area is 180 Å². The molecule has 2 aromatic carbocycles. The zero-order chi connectivity index (χ0) is 22.4. The van der Waals surface area contributed by atoms with Gasteiger partial charge in [0.15, 0.2) is 6.61 Å². The van der Waals surface area contributed by atoms with Crippen molar-refractivity contribution in [2.75, 3.05) is 25.5 Å². The first-order valence-corrected chi connectivity index (χ1v) is 9.72. The quantitative estimate of drug-likeness (QED) is 0.593. The van der Waals surface area contributed by atoms with E-state index in [2.05, 4.69) is 10.4 Å². The number of ether oxygens (including phenoxy) is 1. The topological polar surface area (TPSA) is 93.5 Å². The molecule has 0 bridgehead atoms. The minimum Gasteiger partial charge on any atom is -0.452 e. The van der Waals surface area contributed by atoms with Crippen LogP contribution in [-0.4, -0.2) is 52.7 Å². The third-order valence-electron chi connectivity index (χ3n) is 4.75. The van der Waals surface area contributed by atoms with Crippen LogP contribution in [0.15, 0.2) is 60.9 Å². The Kier molecular flexibility index (Phi) is 6.81. The molecule has 0 aliphatic rings. The highest BCUT2D eigenvalue weighted by Gasteiger charge is 2.17. The van der Waals surface area contributed by atoms with Gasteiger partial charge in [-0.2, -0.15) is 5.10 Å². The molecule has 160 valence electrons. The van der Waals surface area contributed by atoms with Crippen LogP contribution < -0.4 is 5.32 Å². The number of hydrogen-bond acceptors (Lipinski definition) is 5. The molecule has 0 unspecified atom stereocenters. The highest BCUT2D eigenvalue weighted by atomic mass is 16.5. The Bertz CT molecular complexity index is 1060. The number of esters is 1. The van der Waals surface area contributed by atoms with E-state index in [4.69, 9.17) is 4.74 Å². The number of rotatable bonds is 7. The highest BCUT2D eigenvalue weighted by molar-refractivity contribution is 5.96. The summed E-state index contributed by atoms with van der Waals surface area (Å²) in [5.41, 5.74) is 3.73. The van der Waals surface area contributed by atoms with Crippen molar-refractivity contribution in [2.45, 2.75) is 13.8 Å². The molecule has 0 aliphatic heterocycles. The van der Waals surface area contributed by atoms with Crippen LogP contribution in [0.25, 0.3) is 5.69 Å². The predicted octanol–water partition coefficient (Wildman–Crippen LogP) is 2.74. The summed E-state index contributed by atoms with van der Waals surface area (Å²) >= 11 is 0. The van der Waals surface area contributed by atoms with Crippen LogP contribution in [0.3, 0.4) is 0 Å². The Hall–Kier alpha value is -3.94. The summed E-state index contributed by atoms with van der Waals surface area (Å²) in [6.07, 6.45) is 3.45. The molecule has 2 amide bonds. The molecule has 0 aliphatic carbocycles. The first kappa shape index (κ1) is 21.8. The zero-order valence-corrected chi connectivity index (χ0v) is 17.7. The third kappa shape index (κ3) is 5.57. The molecule has 1 heterocycles. The number of anilines is 1. The molecular formula is C23H24N4O4. The summed E-state index contributed by atoms with van der Waals surface area (Å²) < 4.78 is 6.76. The van der Waals surface area contributed by atoms with Crippen LogP contribution in [0.1, 0.15) is 21.5 Å². The van der Waals surface area contributed by atoms with Gasteiger partial charge in [-0.1, -0.05) is 18.2 Å². The Morgan fingerprint density at radius 3 is 2.32 bits per heavy atom. The normalized spacial score (nSPS) is 10.4. The number of carbonyl (C=O) groups is 3. The fourth-order valence-corrected chi connectivity index (χ4v) is 2.99. The van der Waals surface area contributed by atoms with E-state index in [0.29, 0.717) is 5.56 Å². The molecule has 31 heavy (non-hydrogen) atoms. The van der Waals surface area contributed by atoms with Crippen LogP contribution in [0.2, 0.25) is 0 Å². The summed E-state index contributed by atoms with van der Waals surface area (Å²) in [4.78, 5) is 38.0. The van der Waals surface area contributed by atoms with E-state index >= 15 is 0 Å². The summed E-state index contributed by atoms with van der Waals surface area (Å²) in [6.45, 7) is 3.20. The third-order valence-corrected chi connectivity index (χ3v) is 4.75. The number of para-hydroxylation sites is 1. The average molecular weight is 420 g/mol. The summed E-state index contributed by atoms with van der Waals surface area (Å²) in [5.74, 6) is -1.42. The van der Waals surface area contributed by atoms with E-state index in [1.807, 2.05) is 32.0 Å². The second-order valence-corrected chi connectivity index (χ2v) is 7.14. The average Bonchev–Trinajstić information content (AvgIpc) is 3.29. The molecule has 0 atom stereocenters. The standard InChI is InChI=1S/C23H24N4O4/c1-16-6-4-7-17(2)22(16)25-20(28)14-26(3)21(29)15-31-23(30)18-8-10-19(11-9-18)27-13-5-12-24-27/h4-13H,14-15H2,1-3H3,(H,25,28). The zero-order valence-electron chi connectivity index (χ0n) is 17.7. The van der Waals surface area contributed by atoms with Gasteiger partial charge in [-0.3, -0.25) is 9.59 Å². The fraction of sp³-hybridized carbons (Fsp3) is 0.217. The molecule has 0 saturated carbocycles. The monoisotopic (exact) mass is 420 g/mol. The molecule has 3 rings (SSSR count). The van der Waals surface area contributed by atoms with E-state index in [9.17, 15) is 14.4 Å². The van der Waals surface area contributed by atoms with Gasteiger partial charge in [0, 0.05) is 25.1 Å². The van der Waals surface area contributed by atoms with Gasteiger partial charge in [-0.15, -0.1) is 0 Å². The lowest BCUT2D eigenvalue weighted by molar-refractivity contribution is -0.136. The van der Waals surface area contributed by atoms with Crippen molar-refractivity contribution in [2.24, 2.45) is 0 Å². The van der Waals surface area contributed by atoms with E-state index in [1.54, 1.807) is 47.4 Å². The SMILES string of the molecule is Cc1cccc(C)c1NC(=O)CN(C)C(=O)COC(=O)c1ccc(-n2cccn2)cc1. The minimum absolute atomic E-state index is 0.150. The molecule has 0 saturated heterocycles. The fourth-order valence-electron chi connectivity index (χ4n) is 2.99. The van der Waals surface area contributed by atoms with Crippen LogP contribution in [0.4, 0.5) is 5.69 Å². The number of aromatic nitrogens is 2. The number of nitrogens with zero attached hydrogens (tertiary/aromatic N) is 3. The lowest BCUT2D eigenvalue weighted by Gasteiger charge is -2.18. The molecule has 3 aromatic rings. The van der Waals surface area contributed by atoms with E-state index in [-0.39, 0.29) is 12.5 Å². The molecule has 1 N–H and O–H groups in total. The van der Waals surface area contributed by atoms with Crippen LogP contribution in [0.5, 0.6) is 0 Å². The Morgan fingerprint density at radius 1 is 1.03 bits per heavy atom. The number of aryl methyl sites for hydroxylation is 2. The molecule has 0 fully saturated rings. The van der Waals surface area contributed by atoms with E-state index in [0.717, 1.165) is 22.5 Å². The highest BCUT2D eigenvalue weighted by Crippen LogP contribution is 2.19. The molecular weight excluding hydrogens is 396 g/mol. The predicted molar refractivity (Wildman–Crippen MR) is 116 cm³/mol. The van der Waals surface area contributed by atoms with Gasteiger partial charge in [0.1, 0.15) is 0 Å². The number of amides is 2. The summed E-state index contributed by atoms with van der Waals surface area (Å²) in [7, 11) is 1.49. The van der Waals surface area contributed by atoms with Gasteiger partial charge < -0.3 is 15.0 Å². The van der Waals surface area contributed by atoms with Gasteiger partial charge in [0.25, 0.3) is 5.91 Å². The van der Waals surface area contributed by atoms with Crippen molar-refractivity contribution in [3.8, 4) is 5.69 Å². The minimum atomic E-state index is -0.617. The van der Waals surface area contributed by atoms with Crippen molar-refractivity contribution >= 4 is 23.5 Å². The van der Waals surface area contributed by atoms with Crippen LogP contribution >= 0.6 is 0 Å². The van der Waals surface area contributed by atoms with Crippen molar-refractivity contribution in [3.63, 3.8) is 0 Å². The molecule has 0 radical (unpaired) electrons. The van der Waals surface area contributed by atoms with Gasteiger partial charge in [-0.05, 0) is 55.3 Å². The maximum atomic E-state index is 12.3. The van der Waals surface area contributed by atoms with Crippen LogP contribution in [-0.2, 0) is 14.3 Å². The van der Waals surface area contributed by atoms with Gasteiger partial charge in [0.05, 0.1) is 17.8 Å². The Morgan fingerprint density at radius 2 is 1.71 bits per heavy atom. The molecule has 8 heteroatoms. The van der Waals surface area contributed by atoms with Gasteiger partial charge >= 0.3 is 5.97 Å². The second-order valence-electron chi connectivity index (χ2n) is 7.14. The summed E-state index contributed by atoms with van der Waals surface area (Å²) in [6, 6.07) is 14.2. The number of hydrogen-bond donors (Lipinski definition) is 1. The first-order valence-electron chi connectivity index (χ1n) is 9.72. The maximum absolute atomic E-state index is 12.3. The van der Waals surface area contributed by atoms with E-state index < -0.39 is 18.5 Å². The first-order chi connectivity index (χ1) is 14.8. The van der Waals surface area contributed by atoms with Crippen molar-refractivity contribution in [3.05, 3.63) is 77.6 Å². The number of likely N-dealkylation sites (N-methyl/N-ethyl adjacent to an activating group) is 1. The van der Waals surface area contributed by atoms with Crippen molar-refractivity contribution in [1.29, 1.82) is 0 Å². The van der Waals surface area contributed by atoms with Gasteiger partial charge in [0.2, 0.25) is 5.91 Å². The maximum Gasteiger partial charge on any atom is 0.338 e. The van der Waals surface area contributed by atoms with Crippen molar-refractivity contribution < 1.29 is 19.1 Å².